The number of nitrogens with one attached hydrogen (secondary N) is 1. The first kappa shape index (κ1) is 25.9. The van der Waals surface area contributed by atoms with Gasteiger partial charge in [0.1, 0.15) is 18.4 Å². The molecule has 1 saturated carbocycles. The topological polar surface area (TPSA) is 95.6 Å². The van der Waals surface area contributed by atoms with Crippen LogP contribution in [0.2, 0.25) is 0 Å². The minimum absolute atomic E-state index is 0.0104. The van der Waals surface area contributed by atoms with Crippen LogP contribution in [0, 0.1) is 0 Å². The lowest BCUT2D eigenvalue weighted by molar-refractivity contribution is -0.132. The summed E-state index contributed by atoms with van der Waals surface area (Å²) in [6.07, 6.45) is 4.15. The quantitative estimate of drug-likeness (QED) is 0.457. The van der Waals surface area contributed by atoms with Crippen LogP contribution in [0.3, 0.4) is 0 Å². The van der Waals surface area contributed by atoms with E-state index in [-0.39, 0.29) is 25.3 Å². The molecule has 1 fully saturated rings. The van der Waals surface area contributed by atoms with Crippen molar-refractivity contribution in [2.24, 2.45) is 0 Å². The molecule has 208 valence electrons. The van der Waals surface area contributed by atoms with E-state index >= 15 is 0 Å². The molecule has 2 amide bonds. The number of para-hydroxylation sites is 2. The van der Waals surface area contributed by atoms with Crippen LogP contribution < -0.4 is 33.9 Å². The summed E-state index contributed by atoms with van der Waals surface area (Å²) in [5.74, 6) is 2.11. The van der Waals surface area contributed by atoms with Gasteiger partial charge in [0, 0.05) is 17.8 Å². The van der Waals surface area contributed by atoms with Crippen LogP contribution in [-0.4, -0.2) is 44.5 Å². The normalized spacial score (nSPS) is 18.5. The number of rotatable bonds is 7. The molecule has 3 aromatic carbocycles. The Bertz CT molecular complexity index is 1370. The monoisotopic (exact) mass is 544 g/mol. The maximum atomic E-state index is 14.4. The van der Waals surface area contributed by atoms with Crippen molar-refractivity contribution in [3.8, 4) is 28.7 Å². The third-order valence-corrected chi connectivity index (χ3v) is 7.55. The molecule has 1 aliphatic carbocycles. The van der Waals surface area contributed by atoms with Crippen molar-refractivity contribution >= 4 is 17.5 Å². The Morgan fingerprint density at radius 3 is 2.38 bits per heavy atom. The number of carbonyl (C=O) groups excluding carboxylic acids is 2. The van der Waals surface area contributed by atoms with E-state index in [1.807, 2.05) is 24.3 Å². The zero-order chi connectivity index (χ0) is 27.5. The first-order valence-electron chi connectivity index (χ1n) is 13.7. The summed E-state index contributed by atoms with van der Waals surface area (Å²) in [4.78, 5) is 30.0. The van der Waals surface area contributed by atoms with Gasteiger partial charge in [-0.05, 0) is 54.8 Å². The molecule has 0 spiro atoms. The van der Waals surface area contributed by atoms with Gasteiger partial charge in [0.25, 0.3) is 5.91 Å². The van der Waals surface area contributed by atoms with Crippen molar-refractivity contribution in [1.29, 1.82) is 0 Å². The highest BCUT2D eigenvalue weighted by Gasteiger charge is 2.40. The fourth-order valence-corrected chi connectivity index (χ4v) is 5.47. The molecule has 0 bridgehead atoms. The highest BCUT2D eigenvalue weighted by Crippen LogP contribution is 2.40. The molecule has 3 aliphatic rings. The maximum Gasteiger partial charge on any atom is 0.272 e. The molecule has 1 N–H and O–H groups in total. The summed E-state index contributed by atoms with van der Waals surface area (Å²) in [5.41, 5.74) is 1.12. The van der Waals surface area contributed by atoms with Gasteiger partial charge in [0.15, 0.2) is 23.0 Å². The van der Waals surface area contributed by atoms with Gasteiger partial charge in [-0.25, -0.2) is 0 Å². The lowest BCUT2D eigenvalue weighted by Gasteiger charge is -2.36. The van der Waals surface area contributed by atoms with Crippen LogP contribution in [0.15, 0.2) is 66.7 Å². The molecule has 2 aliphatic heterocycles. The van der Waals surface area contributed by atoms with E-state index in [0.29, 0.717) is 40.0 Å². The zero-order valence-electron chi connectivity index (χ0n) is 22.3. The number of amides is 2. The number of carbonyl (C=O) groups is 2. The van der Waals surface area contributed by atoms with Crippen molar-refractivity contribution in [3.05, 3.63) is 72.3 Å². The van der Waals surface area contributed by atoms with E-state index < -0.39 is 18.1 Å². The Morgan fingerprint density at radius 2 is 1.60 bits per heavy atom. The zero-order valence-corrected chi connectivity index (χ0v) is 22.3. The van der Waals surface area contributed by atoms with Gasteiger partial charge < -0.3 is 29.0 Å². The van der Waals surface area contributed by atoms with E-state index in [4.69, 9.17) is 23.7 Å². The SMILES string of the molecule is COc1ccc([C@@H](C(=O)NC2CCCCC2)N(C(=O)[C@H]2COc3ccccc3O2)c2ccc3c(c2)OCO3)cc1. The molecule has 6 rings (SSSR count). The number of ether oxygens (including phenoxy) is 5. The number of methoxy groups -OCH3 is 1. The van der Waals surface area contributed by atoms with E-state index in [1.165, 1.54) is 4.90 Å². The minimum atomic E-state index is -0.985. The van der Waals surface area contributed by atoms with Gasteiger partial charge in [-0.2, -0.15) is 0 Å². The van der Waals surface area contributed by atoms with E-state index in [1.54, 1.807) is 49.6 Å². The van der Waals surface area contributed by atoms with Crippen molar-refractivity contribution < 1.29 is 33.3 Å². The van der Waals surface area contributed by atoms with Crippen molar-refractivity contribution in [2.45, 2.75) is 50.3 Å². The number of anilines is 1. The molecule has 2 atom stereocenters. The predicted molar refractivity (Wildman–Crippen MR) is 147 cm³/mol. The molecule has 9 heteroatoms. The van der Waals surface area contributed by atoms with Gasteiger partial charge >= 0.3 is 0 Å². The lowest BCUT2D eigenvalue weighted by atomic mass is 9.94. The predicted octanol–water partition coefficient (Wildman–Crippen LogP) is 4.79. The summed E-state index contributed by atoms with van der Waals surface area (Å²) in [6.45, 7) is 0.101. The Kier molecular flexibility index (Phi) is 7.35. The maximum absolute atomic E-state index is 14.4. The first-order chi connectivity index (χ1) is 19.6. The van der Waals surface area contributed by atoms with Crippen molar-refractivity contribution in [3.63, 3.8) is 0 Å². The molecular weight excluding hydrogens is 512 g/mol. The van der Waals surface area contributed by atoms with Crippen LogP contribution in [0.1, 0.15) is 43.7 Å². The molecule has 3 aromatic rings. The van der Waals surface area contributed by atoms with Crippen molar-refractivity contribution in [2.75, 3.05) is 25.4 Å². The van der Waals surface area contributed by atoms with Crippen LogP contribution in [0.25, 0.3) is 0 Å². The summed E-state index contributed by atoms with van der Waals surface area (Å²) in [7, 11) is 1.59. The molecule has 9 nitrogen and oxygen atoms in total. The number of hydrogen-bond acceptors (Lipinski definition) is 7. The number of benzene rings is 3. The second kappa shape index (κ2) is 11.4. The Hall–Kier alpha value is -4.40. The molecule has 0 unspecified atom stereocenters. The average Bonchev–Trinajstić information content (AvgIpc) is 3.48. The third kappa shape index (κ3) is 5.23. The first-order valence-corrected chi connectivity index (χ1v) is 13.7. The second-order valence-corrected chi connectivity index (χ2v) is 10.1. The number of nitrogens with zero attached hydrogens (tertiary/aromatic N) is 1. The van der Waals surface area contributed by atoms with Gasteiger partial charge in [0.2, 0.25) is 18.8 Å². The second-order valence-electron chi connectivity index (χ2n) is 10.1. The van der Waals surface area contributed by atoms with Gasteiger partial charge in [-0.3, -0.25) is 14.5 Å². The fourth-order valence-electron chi connectivity index (χ4n) is 5.47. The highest BCUT2D eigenvalue weighted by molar-refractivity contribution is 6.04. The highest BCUT2D eigenvalue weighted by atomic mass is 16.7. The van der Waals surface area contributed by atoms with Gasteiger partial charge in [-0.1, -0.05) is 43.5 Å². The molecular formula is C31H32N2O7. The fraction of sp³-hybridized carbons (Fsp3) is 0.355. The molecule has 40 heavy (non-hydrogen) atoms. The number of hydrogen-bond donors (Lipinski definition) is 1. The third-order valence-electron chi connectivity index (χ3n) is 7.55. The summed E-state index contributed by atoms with van der Waals surface area (Å²) in [6, 6.07) is 18.7. The smallest absolute Gasteiger partial charge is 0.272 e. The summed E-state index contributed by atoms with van der Waals surface area (Å²) < 4.78 is 28.5. The summed E-state index contributed by atoms with van der Waals surface area (Å²) >= 11 is 0. The summed E-state index contributed by atoms with van der Waals surface area (Å²) in [5, 5.41) is 3.23. The molecule has 2 heterocycles. The Labute approximate surface area is 232 Å². The van der Waals surface area contributed by atoms with Crippen LogP contribution in [0.5, 0.6) is 28.7 Å². The molecule has 0 aromatic heterocycles. The largest absolute Gasteiger partial charge is 0.497 e. The number of fused-ring (bicyclic) bond motifs is 2. The standard InChI is InChI=1S/C31H32N2O7/c1-36-23-14-11-20(12-15-23)29(30(34)32-21-7-3-2-4-8-21)33(22-13-16-25-27(17-22)39-19-38-25)31(35)28-18-37-24-9-5-6-10-26(24)40-28/h5-6,9-17,21,28-29H,2-4,7-8,18-19H2,1H3,(H,32,34)/t28-,29+/m1/s1. The van der Waals surface area contributed by atoms with Crippen molar-refractivity contribution in [1.82, 2.24) is 5.32 Å². The Morgan fingerprint density at radius 1 is 0.875 bits per heavy atom. The molecule has 0 radical (unpaired) electrons. The average molecular weight is 545 g/mol. The molecule has 0 saturated heterocycles. The lowest BCUT2D eigenvalue weighted by Crippen LogP contribution is -2.52. The van der Waals surface area contributed by atoms with E-state index in [2.05, 4.69) is 5.32 Å². The van der Waals surface area contributed by atoms with Crippen LogP contribution in [0.4, 0.5) is 5.69 Å². The van der Waals surface area contributed by atoms with Crippen LogP contribution in [-0.2, 0) is 9.59 Å². The minimum Gasteiger partial charge on any atom is -0.497 e. The van der Waals surface area contributed by atoms with Crippen LogP contribution >= 0.6 is 0 Å². The Balaban J connectivity index is 1.41. The van der Waals surface area contributed by atoms with Gasteiger partial charge in [0.05, 0.1) is 7.11 Å². The van der Waals surface area contributed by atoms with Gasteiger partial charge in [-0.15, -0.1) is 0 Å². The van der Waals surface area contributed by atoms with E-state index in [0.717, 1.165) is 32.1 Å². The van der Waals surface area contributed by atoms with E-state index in [9.17, 15) is 9.59 Å².